The number of aliphatic hydroxyl groups excluding tert-OH is 5. The van der Waals surface area contributed by atoms with Gasteiger partial charge in [0.05, 0.1) is 25.4 Å². The number of nitrogens with one attached hydrogen (secondary N) is 1. The van der Waals surface area contributed by atoms with Crippen LogP contribution in [0.25, 0.3) is 0 Å². The minimum atomic E-state index is -1.62. The summed E-state index contributed by atoms with van der Waals surface area (Å²) in [4.78, 5) is 26.6. The molecule has 1 amide bonds. The Balaban J connectivity index is 2.55. The molecule has 1 aliphatic rings. The van der Waals surface area contributed by atoms with Crippen molar-refractivity contribution in [1.29, 1.82) is 0 Å². The lowest BCUT2D eigenvalue weighted by Gasteiger charge is -2.41. The fourth-order valence-corrected chi connectivity index (χ4v) is 10.2. The molecule has 1 saturated heterocycles. The summed E-state index contributed by atoms with van der Waals surface area (Å²) < 4.78 is 17.6. The quantitative estimate of drug-likeness (QED) is 0.0195. The van der Waals surface area contributed by atoms with Gasteiger partial charge in [0.25, 0.3) is 0 Å². The third-order valence-electron chi connectivity index (χ3n) is 15.6. The number of carbonyl (C=O) groups is 2. The van der Waals surface area contributed by atoms with Gasteiger partial charge < -0.3 is 45.1 Å². The molecular formula is C70H125NO10. The van der Waals surface area contributed by atoms with Crippen molar-refractivity contribution < 1.29 is 49.3 Å². The van der Waals surface area contributed by atoms with Crippen molar-refractivity contribution in [2.24, 2.45) is 0 Å². The van der Waals surface area contributed by atoms with E-state index in [1.165, 1.54) is 154 Å². The molecule has 8 atom stereocenters. The highest BCUT2D eigenvalue weighted by molar-refractivity contribution is 5.80. The lowest BCUT2D eigenvalue weighted by atomic mass is 9.99. The standard InChI is InChI=1S/C70H125NO10/c1-4-7-10-13-16-19-22-24-26-27-28-29-30-31-32-33-34-35-36-37-38-40-43-46-49-52-55-58-65(75)81-68-67(77)66(76)64(59-72)80-70(68)79-60-61(62(73)56-53-50-47-44-41-21-18-15-12-9-6-3)71-69(78)63(74)57-54-51-48-45-42-39-25-23-20-17-14-11-8-5-2/h16,19-20,23-24,26,28-29,31-32,53,56,61-64,66-68,70,72-74,76-77H,4-15,17-18,21-22,25,27,30,33-52,54-55,57-60H2,1-3H3,(H,71,78)/b19-16-,23-20-,26-24-,29-28-,32-31-,56-53+. The zero-order valence-electron chi connectivity index (χ0n) is 52.1. The van der Waals surface area contributed by atoms with Gasteiger partial charge in [-0.1, -0.05) is 267 Å². The minimum Gasteiger partial charge on any atom is -0.454 e. The molecule has 1 heterocycles. The van der Waals surface area contributed by atoms with Gasteiger partial charge in [-0.2, -0.15) is 0 Å². The highest BCUT2D eigenvalue weighted by Crippen LogP contribution is 2.26. The number of rotatable bonds is 57. The number of hydrogen-bond acceptors (Lipinski definition) is 10. The fourth-order valence-electron chi connectivity index (χ4n) is 10.2. The van der Waals surface area contributed by atoms with E-state index in [0.29, 0.717) is 12.8 Å². The van der Waals surface area contributed by atoms with E-state index in [1.54, 1.807) is 6.08 Å². The molecule has 0 aromatic heterocycles. The normalized spacial score (nSPS) is 19.1. The highest BCUT2D eigenvalue weighted by Gasteiger charge is 2.47. The van der Waals surface area contributed by atoms with Crippen LogP contribution in [0.5, 0.6) is 0 Å². The maximum absolute atomic E-state index is 13.4. The molecule has 0 aromatic carbocycles. The Morgan fingerprint density at radius 2 is 0.852 bits per heavy atom. The van der Waals surface area contributed by atoms with E-state index in [-0.39, 0.29) is 19.4 Å². The van der Waals surface area contributed by atoms with Crippen LogP contribution >= 0.6 is 0 Å². The van der Waals surface area contributed by atoms with Gasteiger partial charge in [0.2, 0.25) is 5.91 Å². The van der Waals surface area contributed by atoms with Gasteiger partial charge in [0, 0.05) is 6.42 Å². The van der Waals surface area contributed by atoms with Crippen LogP contribution in [0.4, 0.5) is 0 Å². The molecule has 1 rings (SSSR count). The van der Waals surface area contributed by atoms with Gasteiger partial charge in [-0.05, 0) is 96.3 Å². The van der Waals surface area contributed by atoms with Crippen molar-refractivity contribution in [3.63, 3.8) is 0 Å². The molecular weight excluding hydrogens is 1010 g/mol. The van der Waals surface area contributed by atoms with Gasteiger partial charge in [-0.3, -0.25) is 9.59 Å². The Kier molecular flexibility index (Phi) is 54.1. The minimum absolute atomic E-state index is 0.118. The summed E-state index contributed by atoms with van der Waals surface area (Å²) in [6.45, 7) is 5.75. The van der Waals surface area contributed by atoms with Crippen LogP contribution in [0.1, 0.15) is 297 Å². The second-order valence-corrected chi connectivity index (χ2v) is 23.2. The highest BCUT2D eigenvalue weighted by atomic mass is 16.7. The van der Waals surface area contributed by atoms with E-state index in [0.717, 1.165) is 96.3 Å². The van der Waals surface area contributed by atoms with Crippen molar-refractivity contribution in [3.05, 3.63) is 72.9 Å². The summed E-state index contributed by atoms with van der Waals surface area (Å²) in [7, 11) is 0. The van der Waals surface area contributed by atoms with Crippen LogP contribution in [0, 0.1) is 0 Å². The molecule has 11 heteroatoms. The van der Waals surface area contributed by atoms with E-state index >= 15 is 0 Å². The summed E-state index contributed by atoms with van der Waals surface area (Å²) in [5.74, 6) is -1.20. The maximum atomic E-state index is 13.4. The molecule has 0 aliphatic carbocycles. The van der Waals surface area contributed by atoms with Crippen molar-refractivity contribution in [2.45, 2.75) is 346 Å². The molecule has 470 valence electrons. The average Bonchev–Trinajstić information content (AvgIpc) is 3.49. The predicted octanol–water partition coefficient (Wildman–Crippen LogP) is 16.7. The summed E-state index contributed by atoms with van der Waals surface area (Å²) in [6.07, 6.45) is 63.7. The summed E-state index contributed by atoms with van der Waals surface area (Å²) in [5.41, 5.74) is 0. The molecule has 81 heavy (non-hydrogen) atoms. The smallest absolute Gasteiger partial charge is 0.306 e. The third kappa shape index (κ3) is 45.2. The van der Waals surface area contributed by atoms with Gasteiger partial charge in [-0.15, -0.1) is 0 Å². The Labute approximate surface area is 496 Å². The number of ether oxygens (including phenoxy) is 3. The summed E-state index contributed by atoms with van der Waals surface area (Å²) >= 11 is 0. The van der Waals surface area contributed by atoms with Gasteiger partial charge in [-0.25, -0.2) is 0 Å². The largest absolute Gasteiger partial charge is 0.454 e. The zero-order valence-corrected chi connectivity index (χ0v) is 52.1. The van der Waals surface area contributed by atoms with E-state index in [2.05, 4.69) is 86.8 Å². The zero-order chi connectivity index (χ0) is 58.9. The number of esters is 1. The Hall–Kier alpha value is -2.90. The number of allylic oxidation sites excluding steroid dienone is 11. The fraction of sp³-hybridized carbons (Fsp3) is 0.800. The van der Waals surface area contributed by atoms with Crippen LogP contribution < -0.4 is 5.32 Å². The first-order valence-electron chi connectivity index (χ1n) is 33.7. The predicted molar refractivity (Wildman–Crippen MR) is 338 cm³/mol. The molecule has 8 unspecified atom stereocenters. The van der Waals surface area contributed by atoms with Gasteiger partial charge >= 0.3 is 5.97 Å². The maximum Gasteiger partial charge on any atom is 0.306 e. The molecule has 11 nitrogen and oxygen atoms in total. The number of carbonyl (C=O) groups excluding carboxylic acids is 2. The van der Waals surface area contributed by atoms with Crippen molar-refractivity contribution in [1.82, 2.24) is 5.32 Å². The average molecular weight is 1140 g/mol. The molecule has 0 saturated carbocycles. The Morgan fingerprint density at radius 1 is 0.481 bits per heavy atom. The topological polar surface area (TPSA) is 175 Å². The number of amides is 1. The van der Waals surface area contributed by atoms with E-state index in [4.69, 9.17) is 14.2 Å². The molecule has 1 fully saturated rings. The van der Waals surface area contributed by atoms with Crippen LogP contribution in [0.2, 0.25) is 0 Å². The van der Waals surface area contributed by atoms with E-state index in [1.807, 2.05) is 6.08 Å². The molecule has 6 N–H and O–H groups in total. The summed E-state index contributed by atoms with van der Waals surface area (Å²) in [5, 5.41) is 57.0. The van der Waals surface area contributed by atoms with Crippen LogP contribution in [-0.2, 0) is 23.8 Å². The monoisotopic (exact) mass is 1140 g/mol. The second-order valence-electron chi connectivity index (χ2n) is 23.2. The lowest BCUT2D eigenvalue weighted by molar-refractivity contribution is -0.305. The lowest BCUT2D eigenvalue weighted by Crippen LogP contribution is -2.61. The number of hydrogen-bond donors (Lipinski definition) is 6. The second kappa shape index (κ2) is 57.5. The molecule has 0 bridgehead atoms. The first kappa shape index (κ1) is 76.1. The molecule has 1 aliphatic heterocycles. The van der Waals surface area contributed by atoms with E-state index < -0.39 is 67.4 Å². The summed E-state index contributed by atoms with van der Waals surface area (Å²) in [6, 6.07) is -1.03. The van der Waals surface area contributed by atoms with Crippen LogP contribution in [-0.4, -0.2) is 99.6 Å². The number of aliphatic hydroxyl groups is 5. The molecule has 0 spiro atoms. The van der Waals surface area contributed by atoms with Crippen LogP contribution in [0.15, 0.2) is 72.9 Å². The Morgan fingerprint density at radius 3 is 1.32 bits per heavy atom. The van der Waals surface area contributed by atoms with Crippen molar-refractivity contribution in [3.8, 4) is 0 Å². The SMILES string of the molecule is CCCCC/C=C\C/C=C\C/C=C\C/C=C\CCCCCCCCCCCCCC(=O)OC1C(OCC(NC(=O)C(O)CCCCCCCC/C=C\CCCCCC)C(O)/C=C/CCCCCCCCCCC)OC(CO)C(O)C1O. The van der Waals surface area contributed by atoms with Crippen molar-refractivity contribution >= 4 is 11.9 Å². The van der Waals surface area contributed by atoms with Crippen molar-refractivity contribution in [2.75, 3.05) is 13.2 Å². The van der Waals surface area contributed by atoms with Gasteiger partial charge in [0.15, 0.2) is 12.4 Å². The molecule has 0 aromatic rings. The van der Waals surface area contributed by atoms with Gasteiger partial charge in [0.1, 0.15) is 24.4 Å². The number of unbranched alkanes of at least 4 members (excludes halogenated alkanes) is 33. The first-order valence-corrected chi connectivity index (χ1v) is 33.7. The van der Waals surface area contributed by atoms with Crippen LogP contribution in [0.3, 0.4) is 0 Å². The Bertz CT molecular complexity index is 1590. The first-order chi connectivity index (χ1) is 39.7. The molecule has 0 radical (unpaired) electrons. The van der Waals surface area contributed by atoms with E-state index in [9.17, 15) is 35.1 Å². The third-order valence-corrected chi connectivity index (χ3v) is 15.6.